The molecule has 7 heteroatoms. The molecule has 0 aromatic carbocycles. The average Bonchev–Trinajstić information content (AvgIpc) is 3.19. The first kappa shape index (κ1) is 14.2. The van der Waals surface area contributed by atoms with E-state index in [0.717, 1.165) is 32.2 Å². The third-order valence-corrected chi connectivity index (χ3v) is 3.91. The summed E-state index contributed by atoms with van der Waals surface area (Å²) in [5.41, 5.74) is 5.82. The SMILES string of the molecule is CCOC1(c2noc(-c3cn(CCN)cn3)n2)CCCC1. The van der Waals surface area contributed by atoms with E-state index in [0.29, 0.717) is 30.6 Å². The van der Waals surface area contributed by atoms with E-state index in [4.69, 9.17) is 15.0 Å². The first-order valence-electron chi connectivity index (χ1n) is 7.48. The monoisotopic (exact) mass is 291 g/mol. The summed E-state index contributed by atoms with van der Waals surface area (Å²) in [6.45, 7) is 3.93. The molecule has 0 unspecified atom stereocenters. The first-order chi connectivity index (χ1) is 10.3. The number of hydrogen-bond acceptors (Lipinski definition) is 6. The van der Waals surface area contributed by atoms with Gasteiger partial charge in [0.1, 0.15) is 11.3 Å². The van der Waals surface area contributed by atoms with Crippen LogP contribution in [0.4, 0.5) is 0 Å². The molecule has 2 N–H and O–H groups in total. The van der Waals surface area contributed by atoms with Gasteiger partial charge in [-0.25, -0.2) is 4.98 Å². The van der Waals surface area contributed by atoms with Gasteiger partial charge in [0.2, 0.25) is 5.82 Å². The van der Waals surface area contributed by atoms with E-state index in [1.54, 1.807) is 6.33 Å². The van der Waals surface area contributed by atoms with Crippen molar-refractivity contribution < 1.29 is 9.26 Å². The smallest absolute Gasteiger partial charge is 0.278 e. The molecular formula is C14H21N5O2. The zero-order valence-corrected chi connectivity index (χ0v) is 12.3. The summed E-state index contributed by atoms with van der Waals surface area (Å²) in [4.78, 5) is 8.80. The molecule has 114 valence electrons. The van der Waals surface area contributed by atoms with Gasteiger partial charge >= 0.3 is 0 Å². The Labute approximate surface area is 123 Å². The maximum atomic E-state index is 5.94. The Balaban J connectivity index is 1.84. The number of rotatable bonds is 6. The fourth-order valence-electron chi connectivity index (χ4n) is 2.91. The number of imidazole rings is 1. The predicted molar refractivity (Wildman–Crippen MR) is 76.3 cm³/mol. The molecule has 0 saturated heterocycles. The van der Waals surface area contributed by atoms with Crippen molar-refractivity contribution in [3.63, 3.8) is 0 Å². The van der Waals surface area contributed by atoms with Crippen molar-refractivity contribution in [3.8, 4) is 11.6 Å². The van der Waals surface area contributed by atoms with E-state index in [-0.39, 0.29) is 5.60 Å². The highest BCUT2D eigenvalue weighted by atomic mass is 16.5. The van der Waals surface area contributed by atoms with Gasteiger partial charge in [-0.15, -0.1) is 0 Å². The van der Waals surface area contributed by atoms with Crippen LogP contribution in [0.1, 0.15) is 38.4 Å². The maximum absolute atomic E-state index is 5.94. The highest BCUT2D eigenvalue weighted by Gasteiger charge is 2.41. The number of aromatic nitrogens is 4. The fraction of sp³-hybridized carbons (Fsp3) is 0.643. The van der Waals surface area contributed by atoms with Crippen molar-refractivity contribution in [2.75, 3.05) is 13.2 Å². The van der Waals surface area contributed by atoms with Crippen LogP contribution in [0.15, 0.2) is 17.0 Å². The van der Waals surface area contributed by atoms with Crippen molar-refractivity contribution >= 4 is 0 Å². The maximum Gasteiger partial charge on any atom is 0.278 e. The molecular weight excluding hydrogens is 270 g/mol. The fourth-order valence-corrected chi connectivity index (χ4v) is 2.91. The molecule has 1 aliphatic carbocycles. The minimum atomic E-state index is -0.379. The summed E-state index contributed by atoms with van der Waals surface area (Å²) in [5.74, 6) is 1.08. The Bertz CT molecular complexity index is 586. The molecule has 1 saturated carbocycles. The molecule has 3 rings (SSSR count). The van der Waals surface area contributed by atoms with Crippen molar-refractivity contribution in [1.82, 2.24) is 19.7 Å². The molecule has 0 amide bonds. The molecule has 21 heavy (non-hydrogen) atoms. The standard InChI is InChI=1S/C14H21N5O2/c1-2-20-14(5-3-4-6-14)13-17-12(21-18-13)11-9-19(8-7-15)10-16-11/h9-10H,2-8,15H2,1H3. The summed E-state index contributed by atoms with van der Waals surface area (Å²) >= 11 is 0. The molecule has 0 atom stereocenters. The zero-order chi connectivity index (χ0) is 14.7. The lowest BCUT2D eigenvalue weighted by molar-refractivity contribution is -0.0469. The van der Waals surface area contributed by atoms with E-state index in [2.05, 4.69) is 15.1 Å². The first-order valence-corrected chi connectivity index (χ1v) is 7.48. The summed E-state index contributed by atoms with van der Waals surface area (Å²) in [6, 6.07) is 0. The van der Waals surface area contributed by atoms with Gasteiger partial charge in [0.05, 0.1) is 6.33 Å². The number of nitrogens with two attached hydrogens (primary N) is 1. The van der Waals surface area contributed by atoms with Crippen LogP contribution in [0.25, 0.3) is 11.6 Å². The van der Waals surface area contributed by atoms with Crippen LogP contribution >= 0.6 is 0 Å². The second kappa shape index (κ2) is 5.95. The van der Waals surface area contributed by atoms with E-state index < -0.39 is 0 Å². The lowest BCUT2D eigenvalue weighted by atomic mass is 10.0. The number of ether oxygens (including phenoxy) is 1. The summed E-state index contributed by atoms with van der Waals surface area (Å²) in [5, 5.41) is 4.14. The minimum Gasteiger partial charge on any atom is -0.367 e. The summed E-state index contributed by atoms with van der Waals surface area (Å²) in [7, 11) is 0. The average molecular weight is 291 g/mol. The lowest BCUT2D eigenvalue weighted by Gasteiger charge is -2.24. The van der Waals surface area contributed by atoms with E-state index >= 15 is 0 Å². The van der Waals surface area contributed by atoms with Gasteiger partial charge in [0, 0.05) is 25.9 Å². The molecule has 1 aliphatic rings. The van der Waals surface area contributed by atoms with Crippen molar-refractivity contribution in [3.05, 3.63) is 18.3 Å². The summed E-state index contributed by atoms with van der Waals surface area (Å²) < 4.78 is 13.2. The Morgan fingerprint density at radius 3 is 2.95 bits per heavy atom. The van der Waals surface area contributed by atoms with Gasteiger partial charge < -0.3 is 19.6 Å². The van der Waals surface area contributed by atoms with Crippen molar-refractivity contribution in [2.45, 2.75) is 44.8 Å². The molecule has 2 heterocycles. The van der Waals surface area contributed by atoms with Crippen molar-refractivity contribution in [2.24, 2.45) is 5.73 Å². The normalized spacial score (nSPS) is 17.4. The second-order valence-electron chi connectivity index (χ2n) is 5.34. The van der Waals surface area contributed by atoms with Gasteiger partial charge in [0.15, 0.2) is 0 Å². The van der Waals surface area contributed by atoms with Crippen LogP contribution in [-0.2, 0) is 16.9 Å². The van der Waals surface area contributed by atoms with Crippen LogP contribution in [0.5, 0.6) is 0 Å². The van der Waals surface area contributed by atoms with Crippen LogP contribution in [-0.4, -0.2) is 32.8 Å². The minimum absolute atomic E-state index is 0.379. The van der Waals surface area contributed by atoms with Gasteiger partial charge in [-0.2, -0.15) is 4.98 Å². The van der Waals surface area contributed by atoms with E-state index in [1.807, 2.05) is 17.7 Å². The van der Waals surface area contributed by atoms with E-state index in [1.165, 1.54) is 0 Å². The Kier molecular flexibility index (Phi) is 4.03. The lowest BCUT2D eigenvalue weighted by Crippen LogP contribution is -2.27. The molecule has 7 nitrogen and oxygen atoms in total. The van der Waals surface area contributed by atoms with Gasteiger partial charge in [-0.3, -0.25) is 0 Å². The van der Waals surface area contributed by atoms with Crippen molar-refractivity contribution in [1.29, 1.82) is 0 Å². The second-order valence-corrected chi connectivity index (χ2v) is 5.34. The van der Waals surface area contributed by atoms with E-state index in [9.17, 15) is 0 Å². The van der Waals surface area contributed by atoms with Crippen LogP contribution in [0, 0.1) is 0 Å². The Morgan fingerprint density at radius 1 is 1.43 bits per heavy atom. The summed E-state index contributed by atoms with van der Waals surface area (Å²) in [6.07, 6.45) is 7.75. The molecule has 2 aromatic heterocycles. The molecule has 1 fully saturated rings. The van der Waals surface area contributed by atoms with Crippen LogP contribution in [0.3, 0.4) is 0 Å². The molecule has 2 aromatic rings. The molecule has 0 radical (unpaired) electrons. The predicted octanol–water partition coefficient (Wildman–Crippen LogP) is 1.70. The topological polar surface area (TPSA) is 92.0 Å². The number of nitrogens with zero attached hydrogens (tertiary/aromatic N) is 4. The third kappa shape index (κ3) is 2.71. The highest BCUT2D eigenvalue weighted by molar-refractivity contribution is 5.44. The molecule has 0 bridgehead atoms. The van der Waals surface area contributed by atoms with Gasteiger partial charge in [0.25, 0.3) is 5.89 Å². The van der Waals surface area contributed by atoms with Crippen LogP contribution < -0.4 is 5.73 Å². The number of hydrogen-bond donors (Lipinski definition) is 1. The molecule has 0 aliphatic heterocycles. The largest absolute Gasteiger partial charge is 0.367 e. The zero-order valence-electron chi connectivity index (χ0n) is 12.3. The highest BCUT2D eigenvalue weighted by Crippen LogP contribution is 2.41. The Morgan fingerprint density at radius 2 is 2.24 bits per heavy atom. The van der Waals surface area contributed by atoms with Crippen LogP contribution in [0.2, 0.25) is 0 Å². The molecule has 0 spiro atoms. The Hall–Kier alpha value is -1.73. The van der Waals surface area contributed by atoms with Gasteiger partial charge in [-0.1, -0.05) is 5.16 Å². The van der Waals surface area contributed by atoms with Gasteiger partial charge in [-0.05, 0) is 32.6 Å². The third-order valence-electron chi connectivity index (χ3n) is 3.91. The quantitative estimate of drug-likeness (QED) is 0.870.